The molecule has 0 saturated heterocycles. The summed E-state index contributed by atoms with van der Waals surface area (Å²) in [5.74, 6) is 1.42. The van der Waals surface area contributed by atoms with Crippen molar-refractivity contribution >= 4 is 11.7 Å². The molecule has 0 heterocycles. The number of carbonyl (C=O) groups is 2. The summed E-state index contributed by atoms with van der Waals surface area (Å²) in [6, 6.07) is 0.302. The van der Waals surface area contributed by atoms with Gasteiger partial charge >= 0.3 is 0 Å². The second kappa shape index (κ2) is 7.06. The molecule has 0 aromatic carbocycles. The van der Waals surface area contributed by atoms with Crippen molar-refractivity contribution in [2.75, 3.05) is 7.05 Å². The summed E-state index contributed by atoms with van der Waals surface area (Å²) < 4.78 is 0. The van der Waals surface area contributed by atoms with E-state index in [1.807, 2.05) is 11.9 Å². The predicted molar refractivity (Wildman–Crippen MR) is 75.8 cm³/mol. The summed E-state index contributed by atoms with van der Waals surface area (Å²) in [6.45, 7) is 0. The van der Waals surface area contributed by atoms with Crippen LogP contribution in [0.4, 0.5) is 0 Å². The van der Waals surface area contributed by atoms with Gasteiger partial charge in [0.2, 0.25) is 5.91 Å². The first-order valence-corrected chi connectivity index (χ1v) is 7.94. The molecule has 0 aliphatic heterocycles. The maximum absolute atomic E-state index is 12.2. The fourth-order valence-corrected chi connectivity index (χ4v) is 3.50. The van der Waals surface area contributed by atoms with Gasteiger partial charge in [0.15, 0.2) is 0 Å². The van der Waals surface area contributed by atoms with Gasteiger partial charge in [-0.2, -0.15) is 0 Å². The van der Waals surface area contributed by atoms with Crippen molar-refractivity contribution < 1.29 is 9.59 Å². The first-order valence-electron chi connectivity index (χ1n) is 7.94. The van der Waals surface area contributed by atoms with Gasteiger partial charge < -0.3 is 4.90 Å². The second-order valence-electron chi connectivity index (χ2n) is 6.32. The third kappa shape index (κ3) is 4.32. The zero-order valence-corrected chi connectivity index (χ0v) is 12.2. The molecule has 0 N–H and O–H groups in total. The molecule has 3 heteroatoms. The van der Waals surface area contributed by atoms with Crippen molar-refractivity contribution in [3.63, 3.8) is 0 Å². The van der Waals surface area contributed by atoms with Crippen molar-refractivity contribution in [1.29, 1.82) is 0 Å². The van der Waals surface area contributed by atoms with Crippen LogP contribution in [0.25, 0.3) is 0 Å². The molecular weight excluding hydrogens is 238 g/mol. The minimum Gasteiger partial charge on any atom is -0.343 e. The van der Waals surface area contributed by atoms with E-state index in [0.717, 1.165) is 25.2 Å². The van der Waals surface area contributed by atoms with Gasteiger partial charge in [-0.05, 0) is 25.2 Å². The molecule has 2 aliphatic carbocycles. The van der Waals surface area contributed by atoms with Crippen LogP contribution in [0.15, 0.2) is 0 Å². The summed E-state index contributed by atoms with van der Waals surface area (Å²) in [5, 5.41) is 0. The number of rotatable bonds is 4. The Morgan fingerprint density at radius 1 is 1.11 bits per heavy atom. The smallest absolute Gasteiger partial charge is 0.222 e. The highest BCUT2D eigenvalue weighted by atomic mass is 16.2. The largest absolute Gasteiger partial charge is 0.343 e. The van der Waals surface area contributed by atoms with E-state index in [0.29, 0.717) is 31.1 Å². The van der Waals surface area contributed by atoms with Crippen molar-refractivity contribution in [3.8, 4) is 0 Å². The van der Waals surface area contributed by atoms with Gasteiger partial charge in [-0.1, -0.05) is 32.1 Å². The van der Waals surface area contributed by atoms with Gasteiger partial charge in [-0.3, -0.25) is 9.59 Å². The first kappa shape index (κ1) is 14.5. The van der Waals surface area contributed by atoms with E-state index in [1.54, 1.807) is 0 Å². The quantitative estimate of drug-likeness (QED) is 0.782. The summed E-state index contributed by atoms with van der Waals surface area (Å²) in [4.78, 5) is 25.3. The number of hydrogen-bond acceptors (Lipinski definition) is 2. The average molecular weight is 265 g/mol. The van der Waals surface area contributed by atoms with E-state index in [9.17, 15) is 9.59 Å². The van der Waals surface area contributed by atoms with Gasteiger partial charge in [-0.15, -0.1) is 0 Å². The fourth-order valence-electron chi connectivity index (χ4n) is 3.50. The molecule has 0 aromatic rings. The van der Waals surface area contributed by atoms with Crippen LogP contribution in [0.2, 0.25) is 0 Å². The normalized spacial score (nSPS) is 22.5. The summed E-state index contributed by atoms with van der Waals surface area (Å²) in [5.41, 5.74) is 0. The molecule has 0 spiro atoms. The van der Waals surface area contributed by atoms with E-state index in [-0.39, 0.29) is 5.91 Å². The van der Waals surface area contributed by atoms with Crippen molar-refractivity contribution in [2.45, 2.75) is 76.7 Å². The Bertz CT molecular complexity index is 311. The lowest BCUT2D eigenvalue weighted by molar-refractivity contribution is -0.134. The molecule has 3 nitrogen and oxygen atoms in total. The lowest BCUT2D eigenvalue weighted by Gasteiger charge is -2.31. The van der Waals surface area contributed by atoms with Crippen LogP contribution in [0.3, 0.4) is 0 Å². The summed E-state index contributed by atoms with van der Waals surface area (Å²) in [7, 11) is 1.92. The molecule has 2 saturated carbocycles. The molecule has 0 bridgehead atoms. The Morgan fingerprint density at radius 2 is 1.74 bits per heavy atom. The molecule has 2 fully saturated rings. The molecule has 0 atom stereocenters. The van der Waals surface area contributed by atoms with E-state index in [4.69, 9.17) is 0 Å². The molecular formula is C16H27NO2. The molecule has 0 radical (unpaired) electrons. The van der Waals surface area contributed by atoms with Crippen molar-refractivity contribution in [3.05, 3.63) is 0 Å². The van der Waals surface area contributed by atoms with E-state index in [2.05, 4.69) is 0 Å². The maximum Gasteiger partial charge on any atom is 0.222 e. The number of nitrogens with zero attached hydrogens (tertiary/aromatic N) is 1. The molecule has 19 heavy (non-hydrogen) atoms. The zero-order valence-electron chi connectivity index (χ0n) is 12.2. The second-order valence-corrected chi connectivity index (χ2v) is 6.32. The Kier molecular flexibility index (Phi) is 5.41. The molecule has 2 rings (SSSR count). The van der Waals surface area contributed by atoms with Gasteiger partial charge in [-0.25, -0.2) is 0 Å². The molecule has 0 aromatic heterocycles. The van der Waals surface area contributed by atoms with Crippen LogP contribution in [-0.4, -0.2) is 29.7 Å². The van der Waals surface area contributed by atoms with Crippen LogP contribution in [0.1, 0.15) is 70.6 Å². The standard InChI is InChI=1S/C16H27NO2/c1-17(14-8-10-15(18)11-9-14)16(19)12-7-13-5-3-2-4-6-13/h13-14H,2-12H2,1H3. The molecule has 0 unspecified atom stereocenters. The van der Waals surface area contributed by atoms with Gasteiger partial charge in [0.1, 0.15) is 5.78 Å². The number of carbonyl (C=O) groups excluding carboxylic acids is 2. The highest BCUT2D eigenvalue weighted by Gasteiger charge is 2.25. The molecule has 1 amide bonds. The SMILES string of the molecule is CN(C(=O)CCC1CCCCC1)C1CCC(=O)CC1. The Morgan fingerprint density at radius 3 is 2.37 bits per heavy atom. The van der Waals surface area contributed by atoms with E-state index < -0.39 is 0 Å². The maximum atomic E-state index is 12.2. The third-order valence-electron chi connectivity index (χ3n) is 4.95. The highest BCUT2D eigenvalue weighted by molar-refractivity contribution is 5.80. The van der Waals surface area contributed by atoms with Crippen LogP contribution < -0.4 is 0 Å². The van der Waals surface area contributed by atoms with Gasteiger partial charge in [0, 0.05) is 32.4 Å². The van der Waals surface area contributed by atoms with Gasteiger partial charge in [0.05, 0.1) is 0 Å². The Balaban J connectivity index is 1.71. The van der Waals surface area contributed by atoms with Crippen LogP contribution in [-0.2, 0) is 9.59 Å². The number of ketones is 1. The Labute approximate surface area is 116 Å². The third-order valence-corrected chi connectivity index (χ3v) is 4.95. The van der Waals surface area contributed by atoms with Crippen molar-refractivity contribution in [2.24, 2.45) is 5.92 Å². The number of Topliss-reactive ketones (excluding diaryl/α,β-unsaturated/α-hetero) is 1. The predicted octanol–water partition coefficient (Wildman–Crippen LogP) is 3.32. The monoisotopic (exact) mass is 265 g/mol. The first-order chi connectivity index (χ1) is 9.16. The topological polar surface area (TPSA) is 37.4 Å². The molecule has 108 valence electrons. The average Bonchev–Trinajstić information content (AvgIpc) is 2.46. The minimum absolute atomic E-state index is 0.282. The van der Waals surface area contributed by atoms with Gasteiger partial charge in [0.25, 0.3) is 0 Å². The Hall–Kier alpha value is -0.860. The van der Waals surface area contributed by atoms with E-state index >= 15 is 0 Å². The van der Waals surface area contributed by atoms with Crippen molar-refractivity contribution in [1.82, 2.24) is 4.90 Å². The highest BCUT2D eigenvalue weighted by Crippen LogP contribution is 2.28. The number of hydrogen-bond donors (Lipinski definition) is 0. The minimum atomic E-state index is 0.282. The van der Waals surface area contributed by atoms with Crippen LogP contribution in [0, 0.1) is 5.92 Å². The van der Waals surface area contributed by atoms with Crippen LogP contribution in [0.5, 0.6) is 0 Å². The van der Waals surface area contributed by atoms with E-state index in [1.165, 1.54) is 32.1 Å². The lowest BCUT2D eigenvalue weighted by atomic mass is 9.86. The van der Waals surface area contributed by atoms with Crippen LogP contribution >= 0.6 is 0 Å². The number of amides is 1. The summed E-state index contributed by atoms with van der Waals surface area (Å²) in [6.07, 6.45) is 11.5. The summed E-state index contributed by atoms with van der Waals surface area (Å²) >= 11 is 0. The lowest BCUT2D eigenvalue weighted by Crippen LogP contribution is -2.39. The fraction of sp³-hybridized carbons (Fsp3) is 0.875. The zero-order chi connectivity index (χ0) is 13.7. The molecule has 2 aliphatic rings.